The molecule has 1 saturated heterocycles. The Labute approximate surface area is 98.8 Å². The number of hydrogen-bond donors (Lipinski definition) is 2. The van der Waals surface area contributed by atoms with Gasteiger partial charge in [-0.25, -0.2) is 0 Å². The number of nitrogens with two attached hydrogens (primary N) is 1. The summed E-state index contributed by atoms with van der Waals surface area (Å²) in [6.45, 7) is 2.50. The van der Waals surface area contributed by atoms with Crippen molar-refractivity contribution in [1.82, 2.24) is 0 Å². The summed E-state index contributed by atoms with van der Waals surface area (Å²) in [5.74, 6) is -1.03. The first-order valence-corrected chi connectivity index (χ1v) is 5.27. The maximum Gasteiger partial charge on any atom is 0.303 e. The lowest BCUT2D eigenvalue weighted by molar-refractivity contribution is -0.193. The van der Waals surface area contributed by atoms with Crippen LogP contribution in [-0.2, 0) is 23.8 Å². The molecule has 0 aliphatic carbocycles. The summed E-state index contributed by atoms with van der Waals surface area (Å²) in [6.07, 6.45) is -2.65. The molecule has 1 fully saturated rings. The van der Waals surface area contributed by atoms with Crippen LogP contribution in [0.2, 0.25) is 0 Å². The molecule has 17 heavy (non-hydrogen) atoms. The molecule has 1 aliphatic rings. The summed E-state index contributed by atoms with van der Waals surface area (Å²) in [4.78, 5) is 21.6. The number of esters is 2. The van der Waals surface area contributed by atoms with Crippen LogP contribution >= 0.6 is 0 Å². The van der Waals surface area contributed by atoms with Crippen molar-refractivity contribution in [3.63, 3.8) is 0 Å². The lowest BCUT2D eigenvalue weighted by Gasteiger charge is -2.37. The van der Waals surface area contributed by atoms with E-state index in [2.05, 4.69) is 0 Å². The van der Waals surface area contributed by atoms with Gasteiger partial charge >= 0.3 is 11.9 Å². The Hall–Kier alpha value is -1.18. The summed E-state index contributed by atoms with van der Waals surface area (Å²) >= 11 is 0. The van der Waals surface area contributed by atoms with Crippen molar-refractivity contribution in [2.24, 2.45) is 5.73 Å². The van der Waals surface area contributed by atoms with Gasteiger partial charge < -0.3 is 25.1 Å². The minimum atomic E-state index is -1.03. The highest BCUT2D eigenvalue weighted by Gasteiger charge is 2.40. The monoisotopic (exact) mass is 247 g/mol. The van der Waals surface area contributed by atoms with Gasteiger partial charge in [0.1, 0.15) is 18.8 Å². The fourth-order valence-corrected chi connectivity index (χ4v) is 1.57. The van der Waals surface area contributed by atoms with Crippen molar-refractivity contribution in [2.75, 3.05) is 13.2 Å². The number of aliphatic hydroxyl groups excluding tert-OH is 1. The van der Waals surface area contributed by atoms with Crippen LogP contribution in [0.3, 0.4) is 0 Å². The van der Waals surface area contributed by atoms with Crippen LogP contribution in [0, 0.1) is 0 Å². The first-order chi connectivity index (χ1) is 7.91. The van der Waals surface area contributed by atoms with Crippen LogP contribution in [0.15, 0.2) is 0 Å². The Morgan fingerprint density at radius 3 is 2.59 bits per heavy atom. The van der Waals surface area contributed by atoms with E-state index >= 15 is 0 Å². The molecule has 0 unspecified atom stereocenters. The molecular weight excluding hydrogens is 230 g/mol. The van der Waals surface area contributed by atoms with Crippen molar-refractivity contribution in [1.29, 1.82) is 0 Å². The SMILES string of the molecule is CC(=O)OC[C@H]1OC[C@H](N)[C@@H](O)[C@@H]1OC(C)=O. The van der Waals surface area contributed by atoms with Crippen LogP contribution in [0.4, 0.5) is 0 Å². The molecule has 0 amide bonds. The van der Waals surface area contributed by atoms with Gasteiger partial charge in [-0.1, -0.05) is 0 Å². The molecule has 0 aromatic heterocycles. The number of carbonyl (C=O) groups is 2. The Morgan fingerprint density at radius 1 is 1.41 bits per heavy atom. The highest BCUT2D eigenvalue weighted by Crippen LogP contribution is 2.18. The summed E-state index contributed by atoms with van der Waals surface area (Å²) in [5.41, 5.74) is 5.59. The molecule has 1 aliphatic heterocycles. The third-order valence-electron chi connectivity index (χ3n) is 2.40. The number of ether oxygens (including phenoxy) is 3. The Kier molecular flexibility index (Phi) is 4.86. The van der Waals surface area contributed by atoms with E-state index in [1.807, 2.05) is 0 Å². The second-order valence-electron chi connectivity index (χ2n) is 3.90. The second kappa shape index (κ2) is 5.95. The van der Waals surface area contributed by atoms with Crippen LogP contribution in [0.5, 0.6) is 0 Å². The molecule has 1 rings (SSSR count). The smallest absolute Gasteiger partial charge is 0.303 e. The average molecular weight is 247 g/mol. The van der Waals surface area contributed by atoms with E-state index in [0.29, 0.717) is 0 Å². The lowest BCUT2D eigenvalue weighted by atomic mass is 9.99. The number of hydrogen-bond acceptors (Lipinski definition) is 7. The first-order valence-electron chi connectivity index (χ1n) is 5.27. The third kappa shape index (κ3) is 3.95. The van der Waals surface area contributed by atoms with Crippen LogP contribution in [-0.4, -0.2) is 54.6 Å². The normalized spacial score (nSPS) is 32.9. The van der Waals surface area contributed by atoms with E-state index in [-0.39, 0.29) is 13.2 Å². The summed E-state index contributed by atoms with van der Waals surface area (Å²) in [7, 11) is 0. The quantitative estimate of drug-likeness (QED) is 0.588. The Balaban J connectivity index is 2.64. The summed E-state index contributed by atoms with van der Waals surface area (Å²) < 4.78 is 15.0. The van der Waals surface area contributed by atoms with E-state index in [1.54, 1.807) is 0 Å². The van der Waals surface area contributed by atoms with E-state index in [0.717, 1.165) is 0 Å². The van der Waals surface area contributed by atoms with Gasteiger partial charge in [-0.3, -0.25) is 9.59 Å². The largest absolute Gasteiger partial charge is 0.463 e. The van der Waals surface area contributed by atoms with Crippen molar-refractivity contribution in [2.45, 2.75) is 38.2 Å². The fourth-order valence-electron chi connectivity index (χ4n) is 1.57. The van der Waals surface area contributed by atoms with Crippen LogP contribution in [0.25, 0.3) is 0 Å². The molecular formula is C10H17NO6. The fraction of sp³-hybridized carbons (Fsp3) is 0.800. The van der Waals surface area contributed by atoms with Crippen molar-refractivity contribution < 1.29 is 28.9 Å². The topological polar surface area (TPSA) is 108 Å². The molecule has 0 spiro atoms. The zero-order valence-corrected chi connectivity index (χ0v) is 9.79. The Bertz CT molecular complexity index is 295. The lowest BCUT2D eigenvalue weighted by Crippen LogP contribution is -2.59. The van der Waals surface area contributed by atoms with Crippen molar-refractivity contribution >= 4 is 11.9 Å². The second-order valence-corrected chi connectivity index (χ2v) is 3.90. The third-order valence-corrected chi connectivity index (χ3v) is 2.40. The zero-order valence-electron chi connectivity index (χ0n) is 9.79. The molecule has 0 aromatic rings. The molecule has 4 atom stereocenters. The van der Waals surface area contributed by atoms with Crippen LogP contribution < -0.4 is 5.73 Å². The number of aliphatic hydroxyl groups is 1. The molecule has 0 saturated carbocycles. The Morgan fingerprint density at radius 2 is 2.06 bits per heavy atom. The number of rotatable bonds is 3. The minimum absolute atomic E-state index is 0.0862. The summed E-state index contributed by atoms with van der Waals surface area (Å²) in [6, 6.07) is -0.632. The van der Waals surface area contributed by atoms with E-state index in [4.69, 9.17) is 19.9 Å². The molecule has 0 radical (unpaired) electrons. The molecule has 7 heteroatoms. The highest BCUT2D eigenvalue weighted by molar-refractivity contribution is 5.66. The van der Waals surface area contributed by atoms with Gasteiger partial charge in [-0.2, -0.15) is 0 Å². The van der Waals surface area contributed by atoms with Gasteiger partial charge in [-0.15, -0.1) is 0 Å². The standard InChI is InChI=1S/C10H17NO6/c1-5(12)15-4-8-10(17-6(2)13)9(14)7(11)3-16-8/h7-10,14H,3-4,11H2,1-2H3/t7-,8+,9+,10+/m0/s1. The van der Waals surface area contributed by atoms with Crippen molar-refractivity contribution in [3.8, 4) is 0 Å². The molecule has 0 aromatic carbocycles. The molecule has 3 N–H and O–H groups in total. The van der Waals surface area contributed by atoms with Crippen LogP contribution in [0.1, 0.15) is 13.8 Å². The average Bonchev–Trinajstić information content (AvgIpc) is 2.23. The van der Waals surface area contributed by atoms with E-state index < -0.39 is 36.3 Å². The zero-order chi connectivity index (χ0) is 13.0. The maximum absolute atomic E-state index is 10.9. The predicted molar refractivity (Wildman–Crippen MR) is 55.9 cm³/mol. The van der Waals surface area contributed by atoms with Gasteiger partial charge in [0.05, 0.1) is 12.6 Å². The first kappa shape index (κ1) is 13.9. The molecule has 1 heterocycles. The summed E-state index contributed by atoms with van der Waals surface area (Å²) in [5, 5.41) is 9.80. The number of carbonyl (C=O) groups excluding carboxylic acids is 2. The van der Waals surface area contributed by atoms with Gasteiger partial charge in [0, 0.05) is 13.8 Å². The van der Waals surface area contributed by atoms with E-state index in [9.17, 15) is 14.7 Å². The van der Waals surface area contributed by atoms with Gasteiger partial charge in [-0.05, 0) is 0 Å². The van der Waals surface area contributed by atoms with Gasteiger partial charge in [0.15, 0.2) is 6.10 Å². The minimum Gasteiger partial charge on any atom is -0.463 e. The molecule has 0 bridgehead atoms. The van der Waals surface area contributed by atoms with Gasteiger partial charge in [0.25, 0.3) is 0 Å². The maximum atomic E-state index is 10.9. The molecule has 98 valence electrons. The predicted octanol–water partition coefficient (Wildman–Crippen LogP) is -1.43. The highest BCUT2D eigenvalue weighted by atomic mass is 16.6. The van der Waals surface area contributed by atoms with E-state index in [1.165, 1.54) is 13.8 Å². The molecule has 7 nitrogen and oxygen atoms in total. The van der Waals surface area contributed by atoms with Gasteiger partial charge in [0.2, 0.25) is 0 Å². The van der Waals surface area contributed by atoms with Crippen molar-refractivity contribution in [3.05, 3.63) is 0 Å².